The highest BCUT2D eigenvalue weighted by atomic mass is 35.9. The molecule has 0 heterocycles. The molecule has 0 fully saturated rings. The first kappa shape index (κ1) is 10.8. The van der Waals surface area contributed by atoms with Crippen molar-refractivity contribution in [3.8, 4) is 0 Å². The monoisotopic (exact) mass is 220 g/mol. The van der Waals surface area contributed by atoms with Crippen LogP contribution in [0.15, 0.2) is 12.2 Å². The van der Waals surface area contributed by atoms with Crippen molar-refractivity contribution in [2.45, 2.75) is 12.3 Å². The number of allylic oxidation sites excluding steroid dienone is 2. The van der Waals surface area contributed by atoms with Gasteiger partial charge in [-0.3, -0.25) is 4.57 Å². The first-order valence-electron chi connectivity index (χ1n) is 2.71. The summed E-state index contributed by atoms with van der Waals surface area (Å²) in [7, 11) is 0. The van der Waals surface area contributed by atoms with Gasteiger partial charge in [-0.15, -0.1) is 11.6 Å². The van der Waals surface area contributed by atoms with E-state index in [9.17, 15) is 4.57 Å². The molecule has 1 nitrogen and oxygen atoms in total. The maximum Gasteiger partial charge on any atom is 0.256 e. The summed E-state index contributed by atoms with van der Waals surface area (Å²) < 4.78 is 10.6. The van der Waals surface area contributed by atoms with Crippen LogP contribution in [-0.4, -0.2) is 11.5 Å². The molecular formula is C5H8Cl3OP. The third-order valence-electron chi connectivity index (χ3n) is 0.719. The fourth-order valence-electron chi connectivity index (χ4n) is 0.371. The van der Waals surface area contributed by atoms with Crippen molar-refractivity contribution >= 4 is 39.9 Å². The summed E-state index contributed by atoms with van der Waals surface area (Å²) in [5.41, 5.74) is 0. The van der Waals surface area contributed by atoms with Crippen LogP contribution in [0.2, 0.25) is 0 Å². The highest BCUT2D eigenvalue weighted by Crippen LogP contribution is 2.56. The molecule has 0 amide bonds. The van der Waals surface area contributed by atoms with E-state index in [1.165, 1.54) is 0 Å². The predicted octanol–water partition coefficient (Wildman–Crippen LogP) is 3.84. The lowest BCUT2D eigenvalue weighted by Crippen LogP contribution is -1.81. The molecule has 0 aromatic rings. The zero-order valence-corrected chi connectivity index (χ0v) is 8.59. The highest BCUT2D eigenvalue weighted by molar-refractivity contribution is 8.08. The van der Waals surface area contributed by atoms with E-state index in [1.54, 1.807) is 19.1 Å². The van der Waals surface area contributed by atoms with Crippen LogP contribution in [0.3, 0.4) is 0 Å². The lowest BCUT2D eigenvalue weighted by molar-refractivity contribution is 0.594. The summed E-state index contributed by atoms with van der Waals surface area (Å²) in [5.74, 6) is -2.92. The fraction of sp³-hybridized carbons (Fsp3) is 0.600. The molecule has 0 radical (unpaired) electrons. The Kier molecular flexibility index (Phi) is 5.06. The molecule has 0 saturated carbocycles. The Labute approximate surface area is 75.3 Å². The van der Waals surface area contributed by atoms with E-state index in [0.29, 0.717) is 0 Å². The molecule has 0 rings (SSSR count). The molecule has 5 heteroatoms. The quantitative estimate of drug-likeness (QED) is 0.402. The van der Waals surface area contributed by atoms with Crippen LogP contribution in [0.25, 0.3) is 0 Å². The lowest BCUT2D eigenvalue weighted by atomic mass is 10.4. The third kappa shape index (κ3) is 8.84. The molecule has 60 valence electrons. The Balaban J connectivity index is 3.65. The Morgan fingerprint density at radius 1 is 1.60 bits per heavy atom. The van der Waals surface area contributed by atoms with Crippen molar-refractivity contribution in [1.29, 1.82) is 0 Å². The maximum atomic E-state index is 10.6. The summed E-state index contributed by atoms with van der Waals surface area (Å²) >= 11 is 16.0. The van der Waals surface area contributed by atoms with Gasteiger partial charge in [0.15, 0.2) is 0 Å². The topological polar surface area (TPSA) is 17.1 Å². The summed E-state index contributed by atoms with van der Waals surface area (Å²) in [6.07, 6.45) is 3.50. The smallest absolute Gasteiger partial charge is 0.256 e. The summed E-state index contributed by atoms with van der Waals surface area (Å²) in [4.78, 5) is 0. The van der Waals surface area contributed by atoms with Gasteiger partial charge < -0.3 is 0 Å². The fourth-order valence-corrected chi connectivity index (χ4v) is 1.32. The van der Waals surface area contributed by atoms with E-state index < -0.39 is 5.85 Å². The van der Waals surface area contributed by atoms with Gasteiger partial charge in [-0.2, -0.15) is 0 Å². The number of alkyl halides is 1. The van der Waals surface area contributed by atoms with Crippen LogP contribution in [0, 0.1) is 0 Å². The van der Waals surface area contributed by atoms with Crippen molar-refractivity contribution < 1.29 is 4.57 Å². The minimum absolute atomic E-state index is 0.0696. The van der Waals surface area contributed by atoms with E-state index in [2.05, 4.69) is 0 Å². The van der Waals surface area contributed by atoms with Crippen LogP contribution in [0.5, 0.6) is 0 Å². The standard InChI is InChI=1S/C5H8Cl3OP/c1-5(6)3-2-4-10(7,8)9/h2-3,5H,4H2,1H3/b3-2+. The number of hydrogen-bond donors (Lipinski definition) is 0. The van der Waals surface area contributed by atoms with Gasteiger partial charge in [0.05, 0.1) is 0 Å². The SMILES string of the molecule is CC(Cl)/C=C/CP(=O)(Cl)Cl. The lowest BCUT2D eigenvalue weighted by Gasteiger charge is -1.94. The molecule has 0 aromatic carbocycles. The van der Waals surface area contributed by atoms with E-state index >= 15 is 0 Å². The van der Waals surface area contributed by atoms with E-state index in [4.69, 9.17) is 34.1 Å². The van der Waals surface area contributed by atoms with Crippen molar-refractivity contribution in [1.82, 2.24) is 0 Å². The number of hydrogen-bond acceptors (Lipinski definition) is 1. The van der Waals surface area contributed by atoms with Gasteiger partial charge in [-0.1, -0.05) is 12.2 Å². The van der Waals surface area contributed by atoms with E-state index in [-0.39, 0.29) is 11.5 Å². The van der Waals surface area contributed by atoms with Crippen molar-refractivity contribution in [3.05, 3.63) is 12.2 Å². The highest BCUT2D eigenvalue weighted by Gasteiger charge is 2.09. The van der Waals surface area contributed by atoms with Crippen molar-refractivity contribution in [2.24, 2.45) is 0 Å². The van der Waals surface area contributed by atoms with Crippen molar-refractivity contribution in [3.63, 3.8) is 0 Å². The normalized spacial score (nSPS) is 16.0. The minimum Gasteiger partial charge on any atom is -0.289 e. The zero-order chi connectivity index (χ0) is 8.20. The van der Waals surface area contributed by atoms with Gasteiger partial charge in [0.1, 0.15) is 0 Å². The van der Waals surface area contributed by atoms with Gasteiger partial charge in [-0.25, -0.2) is 0 Å². The molecule has 0 aliphatic heterocycles. The summed E-state index contributed by atoms with van der Waals surface area (Å²) in [6.45, 7) is 1.80. The second-order valence-corrected chi connectivity index (χ2v) is 7.85. The first-order valence-corrected chi connectivity index (χ1v) is 6.85. The predicted molar refractivity (Wildman–Crippen MR) is 48.6 cm³/mol. The molecule has 10 heavy (non-hydrogen) atoms. The van der Waals surface area contributed by atoms with Crippen molar-refractivity contribution in [2.75, 3.05) is 6.16 Å². The number of halogens is 3. The van der Waals surface area contributed by atoms with Gasteiger partial charge in [-0.05, 0) is 29.4 Å². The molecular weight excluding hydrogens is 213 g/mol. The first-order chi connectivity index (χ1) is 4.42. The van der Waals surface area contributed by atoms with Gasteiger partial charge in [0.25, 0.3) is 5.85 Å². The molecule has 0 aliphatic rings. The van der Waals surface area contributed by atoms with E-state index in [0.717, 1.165) is 0 Å². The Morgan fingerprint density at radius 2 is 2.10 bits per heavy atom. The Morgan fingerprint density at radius 3 is 2.40 bits per heavy atom. The van der Waals surface area contributed by atoms with Gasteiger partial charge >= 0.3 is 0 Å². The average Bonchev–Trinajstić information content (AvgIpc) is 1.59. The second-order valence-electron chi connectivity index (χ2n) is 1.86. The molecule has 1 atom stereocenters. The second kappa shape index (κ2) is 4.66. The van der Waals surface area contributed by atoms with Crippen LogP contribution in [-0.2, 0) is 4.57 Å². The van der Waals surface area contributed by atoms with Crippen LogP contribution in [0.1, 0.15) is 6.92 Å². The molecule has 0 N–H and O–H groups in total. The van der Waals surface area contributed by atoms with Gasteiger partial charge in [0, 0.05) is 11.5 Å². The average molecular weight is 221 g/mol. The Bertz CT molecular complexity index is 160. The molecule has 0 bridgehead atoms. The zero-order valence-electron chi connectivity index (χ0n) is 5.43. The van der Waals surface area contributed by atoms with Crippen LogP contribution >= 0.6 is 39.9 Å². The molecule has 0 spiro atoms. The summed E-state index contributed by atoms with van der Waals surface area (Å²) in [5, 5.41) is -0.0696. The molecule has 0 saturated heterocycles. The van der Waals surface area contributed by atoms with E-state index in [1.807, 2.05) is 0 Å². The third-order valence-corrected chi connectivity index (χ3v) is 2.33. The number of rotatable bonds is 3. The molecule has 1 unspecified atom stereocenters. The maximum absolute atomic E-state index is 10.6. The van der Waals surface area contributed by atoms with Crippen LogP contribution < -0.4 is 0 Å². The Hall–Kier alpha value is 0.840. The largest absolute Gasteiger partial charge is 0.289 e. The molecule has 0 aliphatic carbocycles. The minimum atomic E-state index is -2.92. The van der Waals surface area contributed by atoms with Crippen LogP contribution in [0.4, 0.5) is 0 Å². The summed E-state index contributed by atoms with van der Waals surface area (Å²) in [6, 6.07) is 0. The molecule has 0 aromatic heterocycles. The van der Waals surface area contributed by atoms with Gasteiger partial charge in [0.2, 0.25) is 0 Å².